The van der Waals surface area contributed by atoms with Crippen LogP contribution in [0.1, 0.15) is 27.2 Å². The molecule has 1 aromatic carbocycles. The van der Waals surface area contributed by atoms with Crippen LogP contribution < -0.4 is 4.72 Å². The molecule has 4 nitrogen and oxygen atoms in total. The maximum Gasteiger partial charge on any atom is 0.240 e. The third-order valence-electron chi connectivity index (χ3n) is 3.63. The van der Waals surface area contributed by atoms with Crippen LogP contribution in [0.3, 0.4) is 0 Å². The zero-order valence-corrected chi connectivity index (χ0v) is 13.9. The molecule has 0 aliphatic heterocycles. The molecule has 0 saturated heterocycles. The number of hydrogen-bond acceptors (Lipinski definition) is 3. The van der Waals surface area contributed by atoms with E-state index in [2.05, 4.69) is 9.71 Å². The Bertz CT molecular complexity index is 757. The largest absolute Gasteiger partial charge is 0.240 e. The van der Waals surface area contributed by atoms with E-state index in [1.165, 1.54) is 0 Å². The second-order valence-electron chi connectivity index (χ2n) is 5.83. The highest BCUT2D eigenvalue weighted by Gasteiger charge is 2.21. The van der Waals surface area contributed by atoms with Crippen molar-refractivity contribution in [3.05, 3.63) is 35.5 Å². The van der Waals surface area contributed by atoms with Crippen molar-refractivity contribution in [2.24, 2.45) is 5.41 Å². The first kappa shape index (κ1) is 16.2. The molecule has 0 radical (unpaired) electrons. The Morgan fingerprint density at radius 3 is 2.62 bits per heavy atom. The van der Waals surface area contributed by atoms with Crippen molar-refractivity contribution in [2.45, 2.75) is 32.1 Å². The van der Waals surface area contributed by atoms with Crippen molar-refractivity contribution >= 4 is 32.5 Å². The second kappa shape index (κ2) is 5.91. The van der Waals surface area contributed by atoms with Gasteiger partial charge in [0.2, 0.25) is 10.0 Å². The molecule has 0 fully saturated rings. The van der Waals surface area contributed by atoms with Gasteiger partial charge in [0.15, 0.2) is 0 Å². The van der Waals surface area contributed by atoms with Crippen molar-refractivity contribution in [1.29, 1.82) is 0 Å². The van der Waals surface area contributed by atoms with Crippen molar-refractivity contribution in [3.63, 3.8) is 0 Å². The summed E-state index contributed by atoms with van der Waals surface area (Å²) in [6.45, 7) is 6.51. The SMILES string of the molecule is CCC(C)(C)CNS(=O)(=O)c1ccc2nc(Cl)ccc2c1. The number of hydrogen-bond donors (Lipinski definition) is 1. The minimum absolute atomic E-state index is 0.0704. The van der Waals surface area contributed by atoms with Gasteiger partial charge in [0.1, 0.15) is 5.15 Å². The number of benzene rings is 1. The van der Waals surface area contributed by atoms with E-state index in [1.807, 2.05) is 20.8 Å². The molecule has 114 valence electrons. The summed E-state index contributed by atoms with van der Waals surface area (Å²) in [6.07, 6.45) is 0.898. The lowest BCUT2D eigenvalue weighted by molar-refractivity contribution is 0.350. The van der Waals surface area contributed by atoms with Gasteiger partial charge in [-0.3, -0.25) is 0 Å². The van der Waals surface area contributed by atoms with Gasteiger partial charge >= 0.3 is 0 Å². The van der Waals surface area contributed by atoms with Gasteiger partial charge in [0.25, 0.3) is 0 Å². The normalized spacial score (nSPS) is 12.8. The summed E-state index contributed by atoms with van der Waals surface area (Å²) in [4.78, 5) is 4.39. The summed E-state index contributed by atoms with van der Waals surface area (Å²) in [6, 6.07) is 8.24. The highest BCUT2D eigenvalue weighted by molar-refractivity contribution is 7.89. The third kappa shape index (κ3) is 3.93. The van der Waals surface area contributed by atoms with Gasteiger partial charge in [-0.15, -0.1) is 0 Å². The summed E-state index contributed by atoms with van der Waals surface area (Å²) in [7, 11) is -3.52. The Labute approximate surface area is 130 Å². The van der Waals surface area contributed by atoms with E-state index < -0.39 is 10.0 Å². The first-order valence-corrected chi connectivity index (χ1v) is 8.66. The van der Waals surface area contributed by atoms with E-state index in [0.29, 0.717) is 17.2 Å². The van der Waals surface area contributed by atoms with Gasteiger partial charge in [0.05, 0.1) is 10.4 Å². The van der Waals surface area contributed by atoms with Crippen LogP contribution in [0.4, 0.5) is 0 Å². The van der Waals surface area contributed by atoms with Crippen LogP contribution >= 0.6 is 11.6 Å². The van der Waals surface area contributed by atoms with Crippen LogP contribution in [0.15, 0.2) is 35.2 Å². The van der Waals surface area contributed by atoms with Gasteiger partial charge in [-0.2, -0.15) is 0 Å². The van der Waals surface area contributed by atoms with Crippen molar-refractivity contribution < 1.29 is 8.42 Å². The Morgan fingerprint density at radius 1 is 1.24 bits per heavy atom. The first-order valence-electron chi connectivity index (χ1n) is 6.79. The summed E-state index contributed by atoms with van der Waals surface area (Å²) in [5.74, 6) is 0. The zero-order valence-electron chi connectivity index (χ0n) is 12.4. The molecule has 1 aromatic heterocycles. The van der Waals surface area contributed by atoms with E-state index in [0.717, 1.165) is 11.8 Å². The topological polar surface area (TPSA) is 59.1 Å². The van der Waals surface area contributed by atoms with Crippen LogP contribution in [0, 0.1) is 5.41 Å². The van der Waals surface area contributed by atoms with Crippen LogP contribution in [0.25, 0.3) is 10.9 Å². The standard InChI is InChI=1S/C15H19ClN2O2S/c1-4-15(2,3)10-17-21(19,20)12-6-7-13-11(9-12)5-8-14(16)18-13/h5-9,17H,4,10H2,1-3H3. The predicted octanol–water partition coefficient (Wildman–Crippen LogP) is 3.60. The Hall–Kier alpha value is -1.17. The van der Waals surface area contributed by atoms with E-state index in [1.54, 1.807) is 30.3 Å². The molecular formula is C15H19ClN2O2S. The number of fused-ring (bicyclic) bond motifs is 1. The van der Waals surface area contributed by atoms with Crippen LogP contribution in [-0.2, 0) is 10.0 Å². The maximum atomic E-state index is 12.3. The molecule has 0 unspecified atom stereocenters. The monoisotopic (exact) mass is 326 g/mol. The number of aromatic nitrogens is 1. The summed E-state index contributed by atoms with van der Waals surface area (Å²) in [5, 5.41) is 1.14. The van der Waals surface area contributed by atoms with Gasteiger partial charge in [-0.1, -0.05) is 32.4 Å². The second-order valence-corrected chi connectivity index (χ2v) is 7.99. The molecule has 0 aliphatic carbocycles. The van der Waals surface area contributed by atoms with Gasteiger partial charge in [-0.05, 0) is 42.2 Å². The molecule has 0 spiro atoms. The fourth-order valence-corrected chi connectivity index (χ4v) is 3.18. The Balaban J connectivity index is 2.30. The molecule has 0 saturated carbocycles. The van der Waals surface area contributed by atoms with Crippen LogP contribution in [0.5, 0.6) is 0 Å². The number of halogens is 1. The summed E-state index contributed by atoms with van der Waals surface area (Å²) < 4.78 is 27.4. The predicted molar refractivity (Wildman–Crippen MR) is 86.0 cm³/mol. The van der Waals surface area contributed by atoms with Gasteiger partial charge in [-0.25, -0.2) is 18.1 Å². The molecule has 2 aromatic rings. The van der Waals surface area contributed by atoms with Crippen molar-refractivity contribution in [2.75, 3.05) is 6.54 Å². The molecular weight excluding hydrogens is 308 g/mol. The molecule has 0 aliphatic rings. The molecule has 21 heavy (non-hydrogen) atoms. The maximum absolute atomic E-state index is 12.3. The number of rotatable bonds is 5. The zero-order chi connectivity index (χ0) is 15.7. The molecule has 0 atom stereocenters. The van der Waals surface area contributed by atoms with E-state index in [-0.39, 0.29) is 10.3 Å². The van der Waals surface area contributed by atoms with E-state index in [9.17, 15) is 8.42 Å². The fraction of sp³-hybridized carbons (Fsp3) is 0.400. The molecule has 0 amide bonds. The number of nitrogens with one attached hydrogen (secondary N) is 1. The molecule has 1 heterocycles. The molecule has 0 bridgehead atoms. The minimum Gasteiger partial charge on any atom is -0.236 e. The average molecular weight is 327 g/mol. The summed E-state index contributed by atoms with van der Waals surface area (Å²) in [5.41, 5.74) is 0.606. The quantitative estimate of drug-likeness (QED) is 0.854. The van der Waals surface area contributed by atoms with Crippen LogP contribution in [0.2, 0.25) is 5.15 Å². The van der Waals surface area contributed by atoms with Gasteiger partial charge in [0, 0.05) is 11.9 Å². The number of nitrogens with zero attached hydrogens (tertiary/aromatic N) is 1. The lowest BCUT2D eigenvalue weighted by Gasteiger charge is -2.22. The average Bonchev–Trinajstić information content (AvgIpc) is 2.45. The summed E-state index contributed by atoms with van der Waals surface area (Å²) >= 11 is 5.82. The lowest BCUT2D eigenvalue weighted by atomic mass is 9.91. The molecule has 2 rings (SSSR count). The Morgan fingerprint density at radius 2 is 1.95 bits per heavy atom. The van der Waals surface area contributed by atoms with Crippen LogP contribution in [-0.4, -0.2) is 19.9 Å². The highest BCUT2D eigenvalue weighted by Crippen LogP contribution is 2.22. The van der Waals surface area contributed by atoms with E-state index >= 15 is 0 Å². The Kier molecular flexibility index (Phi) is 4.56. The van der Waals surface area contributed by atoms with E-state index in [4.69, 9.17) is 11.6 Å². The minimum atomic E-state index is -3.52. The number of pyridine rings is 1. The number of sulfonamides is 1. The van der Waals surface area contributed by atoms with Crippen molar-refractivity contribution in [3.8, 4) is 0 Å². The third-order valence-corrected chi connectivity index (χ3v) is 5.24. The first-order chi connectivity index (χ1) is 9.73. The fourth-order valence-electron chi connectivity index (χ4n) is 1.74. The van der Waals surface area contributed by atoms with Gasteiger partial charge < -0.3 is 0 Å². The lowest BCUT2D eigenvalue weighted by Crippen LogP contribution is -2.33. The molecule has 1 N–H and O–H groups in total. The smallest absolute Gasteiger partial charge is 0.236 e. The molecule has 6 heteroatoms. The van der Waals surface area contributed by atoms with Crippen molar-refractivity contribution in [1.82, 2.24) is 9.71 Å². The highest BCUT2D eigenvalue weighted by atomic mass is 35.5.